The van der Waals surface area contributed by atoms with Crippen molar-refractivity contribution in [1.29, 1.82) is 0 Å². The number of anilines is 1. The lowest BCUT2D eigenvalue weighted by Crippen LogP contribution is -2.58. The van der Waals surface area contributed by atoms with Gasteiger partial charge in [-0.3, -0.25) is 0 Å². The van der Waals surface area contributed by atoms with E-state index in [4.69, 9.17) is 0 Å². The topological polar surface area (TPSA) is 15.3 Å². The summed E-state index contributed by atoms with van der Waals surface area (Å²) in [6.07, 6.45) is 2.25. The zero-order chi connectivity index (χ0) is 14.7. The van der Waals surface area contributed by atoms with E-state index in [9.17, 15) is 4.39 Å². The number of halogens is 1. The lowest BCUT2D eigenvalue weighted by Gasteiger charge is -2.43. The molecule has 0 bridgehead atoms. The Labute approximate surface area is 122 Å². The zero-order valence-electron chi connectivity index (χ0n) is 13.1. The fourth-order valence-corrected chi connectivity index (χ4v) is 3.05. The van der Waals surface area contributed by atoms with Crippen LogP contribution in [0.4, 0.5) is 10.1 Å². The largest absolute Gasteiger partial charge is 0.366 e. The maximum atomic E-state index is 13.7. The first-order valence-electron chi connectivity index (χ1n) is 7.82. The molecule has 0 spiro atoms. The minimum absolute atomic E-state index is 0.131. The van der Waals surface area contributed by atoms with Crippen molar-refractivity contribution in [3.05, 3.63) is 29.6 Å². The predicted octanol–water partition coefficient (Wildman–Crippen LogP) is 3.74. The summed E-state index contributed by atoms with van der Waals surface area (Å²) in [5.41, 5.74) is 2.03. The number of hydrogen-bond acceptors (Lipinski definition) is 2. The molecule has 1 saturated heterocycles. The molecule has 112 valence electrons. The minimum Gasteiger partial charge on any atom is -0.366 e. The second-order valence-electron chi connectivity index (χ2n) is 6.10. The lowest BCUT2D eigenvalue weighted by molar-refractivity contribution is 0.306. The van der Waals surface area contributed by atoms with Crippen molar-refractivity contribution < 1.29 is 4.39 Å². The van der Waals surface area contributed by atoms with Crippen LogP contribution in [0.25, 0.3) is 0 Å². The van der Waals surface area contributed by atoms with Crippen LogP contribution in [0.2, 0.25) is 0 Å². The average Bonchev–Trinajstić information content (AvgIpc) is 2.44. The van der Waals surface area contributed by atoms with Crippen molar-refractivity contribution in [3.63, 3.8) is 0 Å². The van der Waals surface area contributed by atoms with Crippen molar-refractivity contribution in [2.75, 3.05) is 18.0 Å². The Hall–Kier alpha value is -1.09. The molecule has 0 aromatic heterocycles. The summed E-state index contributed by atoms with van der Waals surface area (Å²) in [6, 6.07) is 6.32. The Balaban J connectivity index is 2.24. The fraction of sp³-hybridized carbons (Fsp3) is 0.647. The quantitative estimate of drug-likeness (QED) is 0.902. The molecular weight excluding hydrogens is 251 g/mol. The Morgan fingerprint density at radius 1 is 1.35 bits per heavy atom. The molecule has 3 unspecified atom stereocenters. The van der Waals surface area contributed by atoms with E-state index in [1.54, 1.807) is 12.1 Å². The van der Waals surface area contributed by atoms with Gasteiger partial charge in [0, 0.05) is 30.9 Å². The molecule has 1 aliphatic rings. The lowest BCUT2D eigenvalue weighted by atomic mass is 9.94. The molecule has 2 nitrogen and oxygen atoms in total. The van der Waals surface area contributed by atoms with Crippen molar-refractivity contribution in [2.45, 2.75) is 52.6 Å². The van der Waals surface area contributed by atoms with Gasteiger partial charge in [-0.15, -0.1) is 0 Å². The molecule has 1 fully saturated rings. The highest BCUT2D eigenvalue weighted by Crippen LogP contribution is 2.26. The summed E-state index contributed by atoms with van der Waals surface area (Å²) in [7, 11) is 0. The SMILES string of the molecule is CCC(C)C1CN(c2cc(C)cc(F)c2)C(CC)CN1. The van der Waals surface area contributed by atoms with E-state index in [-0.39, 0.29) is 5.82 Å². The van der Waals surface area contributed by atoms with Crippen LogP contribution in [0, 0.1) is 18.7 Å². The van der Waals surface area contributed by atoms with Gasteiger partial charge in [-0.2, -0.15) is 0 Å². The number of hydrogen-bond donors (Lipinski definition) is 1. The minimum atomic E-state index is -0.131. The van der Waals surface area contributed by atoms with Crippen LogP contribution >= 0.6 is 0 Å². The van der Waals surface area contributed by atoms with E-state index in [1.165, 1.54) is 6.42 Å². The predicted molar refractivity (Wildman–Crippen MR) is 83.8 cm³/mol. The Kier molecular flexibility index (Phi) is 5.03. The third-order valence-corrected chi connectivity index (χ3v) is 4.61. The standard InChI is InChI=1S/C17H27FN2/c1-5-13(4)17-11-20(15(6-2)10-19-17)16-8-12(3)7-14(18)9-16/h7-9,13,15,17,19H,5-6,10-11H2,1-4H3. The number of rotatable bonds is 4. The Morgan fingerprint density at radius 3 is 2.70 bits per heavy atom. The molecule has 1 aliphatic heterocycles. The van der Waals surface area contributed by atoms with Crippen molar-refractivity contribution in [2.24, 2.45) is 5.92 Å². The van der Waals surface area contributed by atoms with Crippen LogP contribution in [0.5, 0.6) is 0 Å². The van der Waals surface area contributed by atoms with Crippen LogP contribution in [0.3, 0.4) is 0 Å². The Morgan fingerprint density at radius 2 is 2.10 bits per heavy atom. The summed E-state index contributed by atoms with van der Waals surface area (Å²) in [5.74, 6) is 0.512. The number of nitrogens with one attached hydrogen (secondary N) is 1. The van der Waals surface area contributed by atoms with Gasteiger partial charge in [0.15, 0.2) is 0 Å². The maximum absolute atomic E-state index is 13.7. The van der Waals surface area contributed by atoms with Crippen molar-refractivity contribution in [3.8, 4) is 0 Å². The van der Waals surface area contributed by atoms with Crippen LogP contribution < -0.4 is 10.2 Å². The number of aryl methyl sites for hydroxylation is 1. The van der Waals surface area contributed by atoms with Gasteiger partial charge >= 0.3 is 0 Å². The van der Waals surface area contributed by atoms with Gasteiger partial charge in [-0.25, -0.2) is 4.39 Å². The molecule has 0 amide bonds. The molecule has 0 aliphatic carbocycles. The number of nitrogens with zero attached hydrogens (tertiary/aromatic N) is 1. The van der Waals surface area contributed by atoms with Crippen LogP contribution in [-0.2, 0) is 0 Å². The highest BCUT2D eigenvalue weighted by molar-refractivity contribution is 5.50. The first-order valence-corrected chi connectivity index (χ1v) is 7.82. The van der Waals surface area contributed by atoms with E-state index in [1.807, 2.05) is 6.92 Å². The van der Waals surface area contributed by atoms with E-state index in [2.05, 4.69) is 37.1 Å². The van der Waals surface area contributed by atoms with Crippen LogP contribution in [0.1, 0.15) is 39.2 Å². The molecule has 3 heteroatoms. The van der Waals surface area contributed by atoms with Gasteiger partial charge in [0.1, 0.15) is 5.82 Å². The molecule has 3 atom stereocenters. The first kappa shape index (κ1) is 15.3. The highest BCUT2D eigenvalue weighted by Gasteiger charge is 2.29. The average molecular weight is 278 g/mol. The Bertz CT molecular complexity index is 426. The van der Waals surface area contributed by atoms with Crippen molar-refractivity contribution >= 4 is 5.69 Å². The summed E-state index contributed by atoms with van der Waals surface area (Å²) in [5, 5.41) is 3.66. The van der Waals surface area contributed by atoms with E-state index in [0.29, 0.717) is 18.0 Å². The fourth-order valence-electron chi connectivity index (χ4n) is 3.05. The normalized spacial score (nSPS) is 24.8. The van der Waals surface area contributed by atoms with E-state index in [0.717, 1.165) is 30.8 Å². The second-order valence-corrected chi connectivity index (χ2v) is 6.10. The summed E-state index contributed by atoms with van der Waals surface area (Å²) in [4.78, 5) is 2.39. The summed E-state index contributed by atoms with van der Waals surface area (Å²) >= 11 is 0. The number of benzene rings is 1. The molecule has 2 rings (SSSR count). The second kappa shape index (κ2) is 6.57. The van der Waals surface area contributed by atoms with E-state index >= 15 is 0 Å². The zero-order valence-corrected chi connectivity index (χ0v) is 13.1. The van der Waals surface area contributed by atoms with Gasteiger partial charge in [-0.05, 0) is 43.0 Å². The molecule has 1 N–H and O–H groups in total. The third kappa shape index (κ3) is 3.32. The first-order chi connectivity index (χ1) is 9.55. The molecule has 1 aromatic rings. The smallest absolute Gasteiger partial charge is 0.125 e. The summed E-state index contributed by atoms with van der Waals surface area (Å²) < 4.78 is 13.7. The van der Waals surface area contributed by atoms with Crippen LogP contribution in [0.15, 0.2) is 18.2 Å². The molecule has 1 heterocycles. The molecule has 0 radical (unpaired) electrons. The van der Waals surface area contributed by atoms with Gasteiger partial charge in [0.25, 0.3) is 0 Å². The monoisotopic (exact) mass is 278 g/mol. The molecular formula is C17H27FN2. The summed E-state index contributed by atoms with van der Waals surface area (Å²) in [6.45, 7) is 10.6. The highest BCUT2D eigenvalue weighted by atomic mass is 19.1. The molecule has 1 aromatic carbocycles. The van der Waals surface area contributed by atoms with Crippen LogP contribution in [-0.4, -0.2) is 25.2 Å². The number of piperazine rings is 1. The maximum Gasteiger partial charge on any atom is 0.125 e. The van der Waals surface area contributed by atoms with Crippen molar-refractivity contribution in [1.82, 2.24) is 5.32 Å². The van der Waals surface area contributed by atoms with Gasteiger partial charge in [-0.1, -0.05) is 27.2 Å². The third-order valence-electron chi connectivity index (χ3n) is 4.61. The van der Waals surface area contributed by atoms with Gasteiger partial charge < -0.3 is 10.2 Å². The molecule has 0 saturated carbocycles. The van der Waals surface area contributed by atoms with Gasteiger partial charge in [0.05, 0.1) is 0 Å². The van der Waals surface area contributed by atoms with Gasteiger partial charge in [0.2, 0.25) is 0 Å². The molecule has 20 heavy (non-hydrogen) atoms. The van der Waals surface area contributed by atoms with E-state index < -0.39 is 0 Å².